The zero-order valence-electron chi connectivity index (χ0n) is 9.53. The molecule has 0 bridgehead atoms. The summed E-state index contributed by atoms with van der Waals surface area (Å²) >= 11 is 3.49. The molecule has 3 aromatic rings. The van der Waals surface area contributed by atoms with Crippen LogP contribution in [0, 0.1) is 6.92 Å². The number of halogens is 1. The lowest BCUT2D eigenvalue weighted by Crippen LogP contribution is -1.92. The normalized spacial score (nSPS) is 11.2. The molecule has 3 rings (SSSR count). The second-order valence-electron chi connectivity index (χ2n) is 4.04. The first-order valence-corrected chi connectivity index (χ1v) is 6.09. The van der Waals surface area contributed by atoms with Gasteiger partial charge in [-0.1, -0.05) is 22.0 Å². The highest BCUT2D eigenvalue weighted by molar-refractivity contribution is 9.10. The number of aryl methyl sites for hydroxylation is 2. The second-order valence-corrected chi connectivity index (χ2v) is 4.95. The summed E-state index contributed by atoms with van der Waals surface area (Å²) in [5.74, 6) is 1.56. The Bertz CT molecular complexity index is 696. The van der Waals surface area contributed by atoms with Crippen molar-refractivity contribution in [2.75, 3.05) is 0 Å². The topological polar surface area (TPSA) is 46.5 Å². The number of nitrogens with one attached hydrogen (secondary N) is 1. The van der Waals surface area contributed by atoms with E-state index in [0.717, 1.165) is 27.3 Å². The summed E-state index contributed by atoms with van der Waals surface area (Å²) in [6.45, 7) is 1.90. The average molecular weight is 291 g/mol. The second kappa shape index (κ2) is 3.70. The van der Waals surface area contributed by atoms with Crippen molar-refractivity contribution in [3.05, 3.63) is 34.6 Å². The van der Waals surface area contributed by atoms with Crippen LogP contribution in [0.1, 0.15) is 5.82 Å². The van der Waals surface area contributed by atoms with Crippen LogP contribution in [0.2, 0.25) is 0 Å². The van der Waals surface area contributed by atoms with Crippen molar-refractivity contribution in [2.24, 2.45) is 7.05 Å². The fourth-order valence-electron chi connectivity index (χ4n) is 1.98. The van der Waals surface area contributed by atoms with Gasteiger partial charge in [0, 0.05) is 22.4 Å². The van der Waals surface area contributed by atoms with Gasteiger partial charge in [-0.2, -0.15) is 5.10 Å². The fraction of sp³-hybridized carbons (Fsp3) is 0.167. The zero-order valence-corrected chi connectivity index (χ0v) is 11.1. The molecule has 0 spiro atoms. The quantitative estimate of drug-likeness (QED) is 0.749. The first-order chi connectivity index (χ1) is 8.15. The molecule has 0 saturated carbocycles. The van der Waals surface area contributed by atoms with Crippen LogP contribution in [-0.2, 0) is 7.05 Å². The Morgan fingerprint density at radius 1 is 1.29 bits per heavy atom. The maximum absolute atomic E-state index is 4.36. The van der Waals surface area contributed by atoms with Crippen molar-refractivity contribution in [2.45, 2.75) is 6.92 Å². The summed E-state index contributed by atoms with van der Waals surface area (Å²) in [7, 11) is 2.02. The molecule has 0 aliphatic carbocycles. The minimum Gasteiger partial charge on any atom is -0.341 e. The SMILES string of the molecule is Cc1nc(-c2cc3ccc(Br)cc3n2C)n[nH]1. The first-order valence-electron chi connectivity index (χ1n) is 5.29. The standard InChI is InChI=1S/C12H11BrN4/c1-7-14-12(16-15-7)11-5-8-3-4-9(13)6-10(8)17(11)2/h3-6H,1-2H3,(H,14,15,16). The van der Waals surface area contributed by atoms with Crippen molar-refractivity contribution in [3.63, 3.8) is 0 Å². The Hall–Kier alpha value is -1.62. The number of hydrogen-bond acceptors (Lipinski definition) is 2. The average Bonchev–Trinajstić information content (AvgIpc) is 2.84. The van der Waals surface area contributed by atoms with Gasteiger partial charge in [-0.05, 0) is 25.1 Å². The third kappa shape index (κ3) is 1.67. The summed E-state index contributed by atoms with van der Waals surface area (Å²) in [5, 5.41) is 8.25. The van der Waals surface area contributed by atoms with E-state index in [1.807, 2.05) is 20.0 Å². The molecule has 0 aliphatic heterocycles. The largest absolute Gasteiger partial charge is 0.341 e. The predicted molar refractivity (Wildman–Crippen MR) is 70.7 cm³/mol. The Balaban J connectivity index is 2.27. The number of H-pyrrole nitrogens is 1. The highest BCUT2D eigenvalue weighted by Crippen LogP contribution is 2.27. The molecule has 1 N–H and O–H groups in total. The Labute approximate surface area is 107 Å². The molecule has 0 unspecified atom stereocenters. The van der Waals surface area contributed by atoms with Gasteiger partial charge in [0.25, 0.3) is 0 Å². The lowest BCUT2D eigenvalue weighted by atomic mass is 10.2. The third-order valence-electron chi connectivity index (χ3n) is 2.83. The summed E-state index contributed by atoms with van der Waals surface area (Å²) in [5.41, 5.74) is 2.18. The molecule has 0 amide bonds. The summed E-state index contributed by atoms with van der Waals surface area (Å²) in [4.78, 5) is 4.36. The van der Waals surface area contributed by atoms with Gasteiger partial charge in [0.1, 0.15) is 5.82 Å². The van der Waals surface area contributed by atoms with E-state index in [1.54, 1.807) is 0 Å². The number of nitrogens with zero attached hydrogens (tertiary/aromatic N) is 3. The molecule has 1 aromatic carbocycles. The molecule has 86 valence electrons. The lowest BCUT2D eigenvalue weighted by Gasteiger charge is -2.00. The van der Waals surface area contributed by atoms with E-state index < -0.39 is 0 Å². The molecule has 5 heteroatoms. The van der Waals surface area contributed by atoms with Gasteiger partial charge in [-0.15, -0.1) is 0 Å². The molecule has 2 heterocycles. The number of rotatable bonds is 1. The molecule has 0 radical (unpaired) electrons. The van der Waals surface area contributed by atoms with Gasteiger partial charge in [-0.25, -0.2) is 4.98 Å². The third-order valence-corrected chi connectivity index (χ3v) is 3.33. The predicted octanol–water partition coefficient (Wildman–Crippen LogP) is 3.03. The number of benzene rings is 1. The summed E-state index contributed by atoms with van der Waals surface area (Å²) < 4.78 is 3.17. The highest BCUT2D eigenvalue weighted by Gasteiger charge is 2.11. The van der Waals surface area contributed by atoms with Crippen molar-refractivity contribution in [1.29, 1.82) is 0 Å². The van der Waals surface area contributed by atoms with E-state index in [9.17, 15) is 0 Å². The van der Waals surface area contributed by atoms with Crippen LogP contribution in [0.4, 0.5) is 0 Å². The molecule has 0 fully saturated rings. The van der Waals surface area contributed by atoms with Gasteiger partial charge in [0.05, 0.1) is 5.69 Å². The Morgan fingerprint density at radius 2 is 2.12 bits per heavy atom. The minimum absolute atomic E-state index is 0.734. The van der Waals surface area contributed by atoms with Crippen molar-refractivity contribution < 1.29 is 0 Å². The van der Waals surface area contributed by atoms with Crippen LogP contribution in [0.25, 0.3) is 22.4 Å². The van der Waals surface area contributed by atoms with E-state index in [2.05, 4.69) is 53.9 Å². The van der Waals surface area contributed by atoms with E-state index in [1.165, 1.54) is 5.39 Å². The van der Waals surface area contributed by atoms with Crippen molar-refractivity contribution in [1.82, 2.24) is 19.7 Å². The van der Waals surface area contributed by atoms with Crippen molar-refractivity contribution >= 4 is 26.8 Å². The number of aromatic nitrogens is 4. The van der Waals surface area contributed by atoms with Crippen LogP contribution in [0.15, 0.2) is 28.7 Å². The van der Waals surface area contributed by atoms with Gasteiger partial charge >= 0.3 is 0 Å². The zero-order chi connectivity index (χ0) is 12.0. The van der Waals surface area contributed by atoms with E-state index in [4.69, 9.17) is 0 Å². The van der Waals surface area contributed by atoms with E-state index in [0.29, 0.717) is 0 Å². The van der Waals surface area contributed by atoms with E-state index in [-0.39, 0.29) is 0 Å². The molecular weight excluding hydrogens is 280 g/mol. The number of hydrogen-bond donors (Lipinski definition) is 1. The van der Waals surface area contributed by atoms with Gasteiger partial charge in [0.15, 0.2) is 5.82 Å². The summed E-state index contributed by atoms with van der Waals surface area (Å²) in [6, 6.07) is 8.32. The number of aromatic amines is 1. The Kier molecular flexibility index (Phi) is 2.29. The molecule has 17 heavy (non-hydrogen) atoms. The van der Waals surface area contributed by atoms with Crippen LogP contribution in [-0.4, -0.2) is 19.7 Å². The molecule has 0 aliphatic rings. The summed E-state index contributed by atoms with van der Waals surface area (Å²) in [6.07, 6.45) is 0. The van der Waals surface area contributed by atoms with Crippen molar-refractivity contribution in [3.8, 4) is 11.5 Å². The minimum atomic E-state index is 0.734. The number of fused-ring (bicyclic) bond motifs is 1. The molecule has 2 aromatic heterocycles. The van der Waals surface area contributed by atoms with Gasteiger partial charge in [-0.3, -0.25) is 5.10 Å². The smallest absolute Gasteiger partial charge is 0.197 e. The maximum atomic E-state index is 4.36. The van der Waals surface area contributed by atoms with Gasteiger partial charge < -0.3 is 4.57 Å². The monoisotopic (exact) mass is 290 g/mol. The highest BCUT2D eigenvalue weighted by atomic mass is 79.9. The fourth-order valence-corrected chi connectivity index (χ4v) is 2.32. The van der Waals surface area contributed by atoms with Crippen LogP contribution >= 0.6 is 15.9 Å². The van der Waals surface area contributed by atoms with Crippen LogP contribution in [0.5, 0.6) is 0 Å². The lowest BCUT2D eigenvalue weighted by molar-refractivity contribution is 0.957. The first kappa shape index (κ1) is 10.5. The van der Waals surface area contributed by atoms with Crippen LogP contribution < -0.4 is 0 Å². The Morgan fingerprint density at radius 3 is 2.82 bits per heavy atom. The van der Waals surface area contributed by atoms with Gasteiger partial charge in [0.2, 0.25) is 0 Å². The molecule has 0 saturated heterocycles. The maximum Gasteiger partial charge on any atom is 0.197 e. The molecular formula is C12H11BrN4. The molecule has 4 nitrogen and oxygen atoms in total. The van der Waals surface area contributed by atoms with E-state index >= 15 is 0 Å². The molecule has 0 atom stereocenters. The van der Waals surface area contributed by atoms with Crippen LogP contribution in [0.3, 0.4) is 0 Å².